The Balaban J connectivity index is 0.000000415. The smallest absolute Gasteiger partial charge is 0.133 e. The third-order valence-electron chi connectivity index (χ3n) is 3.35. The van der Waals surface area contributed by atoms with E-state index < -0.39 is 12.3 Å². The molecule has 0 saturated carbocycles. The van der Waals surface area contributed by atoms with Crippen LogP contribution in [0.25, 0.3) is 22.1 Å². The van der Waals surface area contributed by atoms with Gasteiger partial charge in [0.05, 0.1) is 22.1 Å². The summed E-state index contributed by atoms with van der Waals surface area (Å²) in [6.07, 6.45) is 0. The fraction of sp³-hybridized carbons (Fsp3) is 0.125. The van der Waals surface area contributed by atoms with Crippen molar-refractivity contribution in [2.75, 3.05) is 0 Å². The van der Waals surface area contributed by atoms with Crippen LogP contribution in [0.5, 0.6) is 0 Å². The Morgan fingerprint density at radius 1 is 0.760 bits per heavy atom. The number of nitrogens with one attached hydrogen (secondary N) is 2. The second-order valence-electron chi connectivity index (χ2n) is 5.09. The Bertz CT molecular complexity index is 814. The fourth-order valence-corrected chi connectivity index (χ4v) is 2.39. The number of hydrogen-bond acceptors (Lipinski definition) is 3. The summed E-state index contributed by atoms with van der Waals surface area (Å²) in [5, 5.41) is 0. The monoisotopic (exact) mass is 434 g/mol. The van der Waals surface area contributed by atoms with Gasteiger partial charge < -0.3 is 14.7 Å². The van der Waals surface area contributed by atoms with Crippen molar-refractivity contribution < 1.29 is 17.0 Å². The molecule has 2 aromatic carbocycles. The number of para-hydroxylation sites is 4. The number of rotatable bonds is 4. The molecule has 0 saturated heterocycles. The van der Waals surface area contributed by atoms with Crippen LogP contribution in [0.3, 0.4) is 0 Å². The van der Waals surface area contributed by atoms with E-state index in [1.54, 1.807) is 0 Å². The maximum Gasteiger partial charge on any atom is 0.133 e. The van der Waals surface area contributed by atoms with Crippen LogP contribution in [0.15, 0.2) is 48.5 Å². The SMILES string of the molecule is [Cl][V]([Cl])[Cl].c1ccc2[nH]c(COCc3nc4ccccc4[nH]3)nc2c1. The van der Waals surface area contributed by atoms with Crippen LogP contribution in [0.1, 0.15) is 11.6 Å². The van der Waals surface area contributed by atoms with Crippen LogP contribution in [0.2, 0.25) is 0 Å². The Morgan fingerprint density at radius 2 is 1.16 bits per heavy atom. The number of H-pyrrole nitrogens is 2. The molecular weight excluding hydrogens is 422 g/mol. The van der Waals surface area contributed by atoms with E-state index in [1.165, 1.54) is 0 Å². The third-order valence-corrected chi connectivity index (χ3v) is 3.35. The molecule has 0 fully saturated rings. The van der Waals surface area contributed by atoms with Gasteiger partial charge in [0.25, 0.3) is 0 Å². The molecule has 2 N–H and O–H groups in total. The molecule has 0 aliphatic heterocycles. The molecule has 0 amide bonds. The molecule has 0 aliphatic rings. The van der Waals surface area contributed by atoms with Crippen molar-refractivity contribution in [2.24, 2.45) is 0 Å². The summed E-state index contributed by atoms with van der Waals surface area (Å²) in [4.78, 5) is 15.4. The number of halogens is 3. The minimum absolute atomic E-state index is 0.436. The van der Waals surface area contributed by atoms with Gasteiger partial charge in [0.2, 0.25) is 0 Å². The normalized spacial score (nSPS) is 11.0. The van der Waals surface area contributed by atoms with E-state index in [-0.39, 0.29) is 0 Å². The van der Waals surface area contributed by atoms with E-state index in [0.717, 1.165) is 33.7 Å². The molecular formula is C16H14Cl3N4OV. The number of fused-ring (bicyclic) bond motifs is 2. The van der Waals surface area contributed by atoms with Crippen LogP contribution in [-0.4, -0.2) is 19.9 Å². The molecule has 0 spiro atoms. The second kappa shape index (κ2) is 8.94. The van der Waals surface area contributed by atoms with Crippen molar-refractivity contribution in [1.29, 1.82) is 0 Å². The predicted octanol–water partition coefficient (Wildman–Crippen LogP) is 5.22. The molecule has 0 atom stereocenters. The first-order valence-corrected chi connectivity index (χ1v) is 13.1. The Morgan fingerprint density at radius 3 is 1.56 bits per heavy atom. The van der Waals surface area contributed by atoms with E-state index in [2.05, 4.69) is 19.9 Å². The van der Waals surface area contributed by atoms with Gasteiger partial charge in [-0.05, 0) is 24.3 Å². The summed E-state index contributed by atoms with van der Waals surface area (Å²) in [6.45, 7) is 0.872. The molecule has 9 heteroatoms. The van der Waals surface area contributed by atoms with Crippen molar-refractivity contribution in [1.82, 2.24) is 19.9 Å². The molecule has 5 nitrogen and oxygen atoms in total. The average molecular weight is 436 g/mol. The molecule has 25 heavy (non-hydrogen) atoms. The maximum absolute atomic E-state index is 5.68. The molecule has 0 bridgehead atoms. The summed E-state index contributed by atoms with van der Waals surface area (Å²) < 4.78 is 5.68. The second-order valence-corrected chi connectivity index (χ2v) is 12.0. The zero-order valence-corrected chi connectivity index (χ0v) is 16.6. The fourth-order valence-electron chi connectivity index (χ4n) is 2.39. The van der Waals surface area contributed by atoms with Crippen LogP contribution in [0.4, 0.5) is 0 Å². The molecule has 0 unspecified atom stereocenters. The topological polar surface area (TPSA) is 66.6 Å². The average Bonchev–Trinajstić information content (AvgIpc) is 3.16. The van der Waals surface area contributed by atoms with Gasteiger partial charge in [0, 0.05) is 0 Å². The Kier molecular flexibility index (Phi) is 6.65. The van der Waals surface area contributed by atoms with E-state index in [4.69, 9.17) is 34.3 Å². The van der Waals surface area contributed by atoms with E-state index in [0.29, 0.717) is 13.2 Å². The standard InChI is InChI=1S/C16H14N4O.3ClH.V/c1-2-6-12-11(5-1)17-15(18-12)9-21-10-16-19-13-7-3-4-8-14(13)20-16;;;;/h1-8H,9-10H2,(H,17,18)(H,19,20);3*1H;/q;;;;+3/p-3. The van der Waals surface area contributed by atoms with Crippen molar-refractivity contribution in [2.45, 2.75) is 13.2 Å². The van der Waals surface area contributed by atoms with Crippen LogP contribution >= 0.6 is 29.5 Å². The molecule has 2 heterocycles. The van der Waals surface area contributed by atoms with Gasteiger partial charge in [-0.25, -0.2) is 9.97 Å². The quantitative estimate of drug-likeness (QED) is 0.462. The Hall–Kier alpha value is -1.21. The third kappa shape index (κ3) is 5.38. The van der Waals surface area contributed by atoms with Gasteiger partial charge in [-0.1, -0.05) is 24.3 Å². The predicted molar refractivity (Wildman–Crippen MR) is 98.2 cm³/mol. The van der Waals surface area contributed by atoms with Gasteiger partial charge in [0.15, 0.2) is 0 Å². The molecule has 0 aliphatic carbocycles. The number of nitrogens with zero attached hydrogens (tertiary/aromatic N) is 2. The maximum atomic E-state index is 5.68. The van der Waals surface area contributed by atoms with Crippen molar-refractivity contribution in [3.63, 3.8) is 0 Å². The van der Waals surface area contributed by atoms with E-state index in [1.807, 2.05) is 48.5 Å². The first-order valence-electron chi connectivity index (χ1n) is 7.34. The van der Waals surface area contributed by atoms with Gasteiger partial charge in [-0.2, -0.15) is 0 Å². The molecule has 2 aromatic heterocycles. The minimum atomic E-state index is -1.77. The first-order chi connectivity index (χ1) is 12.1. The summed E-state index contributed by atoms with van der Waals surface area (Å²) in [7, 11) is 14.9. The largest absolute Gasteiger partial charge is 0.366 e. The Labute approximate surface area is 161 Å². The molecule has 4 aromatic rings. The number of aromatic nitrogens is 4. The van der Waals surface area contributed by atoms with E-state index >= 15 is 0 Å². The number of benzene rings is 2. The van der Waals surface area contributed by atoms with Crippen molar-refractivity contribution in [3.05, 3.63) is 60.2 Å². The van der Waals surface area contributed by atoms with Crippen LogP contribution in [-0.2, 0) is 30.2 Å². The number of aromatic amines is 2. The van der Waals surface area contributed by atoms with Gasteiger partial charge in [0.1, 0.15) is 24.9 Å². The van der Waals surface area contributed by atoms with E-state index in [9.17, 15) is 0 Å². The van der Waals surface area contributed by atoms with Crippen molar-refractivity contribution >= 4 is 51.6 Å². The zero-order chi connectivity index (χ0) is 17.6. The number of ether oxygens (including phenoxy) is 1. The summed E-state index contributed by atoms with van der Waals surface area (Å²) in [6, 6.07) is 15.9. The summed E-state index contributed by atoms with van der Waals surface area (Å²) >= 11 is -1.77. The first kappa shape index (κ1) is 18.6. The minimum Gasteiger partial charge on any atom is -0.366 e. The summed E-state index contributed by atoms with van der Waals surface area (Å²) in [5.74, 6) is 1.65. The van der Waals surface area contributed by atoms with Gasteiger partial charge in [-0.15, -0.1) is 0 Å². The zero-order valence-electron chi connectivity index (χ0n) is 12.9. The van der Waals surface area contributed by atoms with Gasteiger partial charge in [-0.3, -0.25) is 0 Å². The van der Waals surface area contributed by atoms with Crippen LogP contribution < -0.4 is 0 Å². The molecule has 130 valence electrons. The summed E-state index contributed by atoms with van der Waals surface area (Å²) in [5.41, 5.74) is 3.97. The molecule has 4 rings (SSSR count). The van der Waals surface area contributed by atoms with Crippen molar-refractivity contribution in [3.8, 4) is 0 Å². The van der Waals surface area contributed by atoms with Crippen LogP contribution in [0, 0.1) is 0 Å². The number of imidazole rings is 2. The molecule has 0 radical (unpaired) electrons. The number of hydrogen-bond donors (Lipinski definition) is 2. The van der Waals surface area contributed by atoms with Gasteiger partial charge >= 0.3 is 41.8 Å².